The molecule has 0 aliphatic heterocycles. The van der Waals surface area contributed by atoms with E-state index in [9.17, 15) is 5.11 Å². The molecule has 0 aliphatic carbocycles. The molecular weight excluding hydrogens is 240 g/mol. The van der Waals surface area contributed by atoms with Crippen LogP contribution in [0.5, 0.6) is 0 Å². The number of rotatable bonds is 6. The van der Waals surface area contributed by atoms with Crippen LogP contribution >= 0.6 is 0 Å². The summed E-state index contributed by atoms with van der Waals surface area (Å²) in [5, 5.41) is 15.7. The molecule has 0 amide bonds. The van der Waals surface area contributed by atoms with Crippen LogP contribution in [0.2, 0.25) is 0 Å². The van der Waals surface area contributed by atoms with Gasteiger partial charge in [-0.15, -0.1) is 0 Å². The normalized spacial score (nSPS) is 11.8. The minimum Gasteiger partial charge on any atom is -0.396 e. The third-order valence-corrected chi connectivity index (χ3v) is 3.08. The van der Waals surface area contributed by atoms with E-state index in [2.05, 4.69) is 34.4 Å². The van der Waals surface area contributed by atoms with Gasteiger partial charge in [-0.25, -0.2) is 9.97 Å². The Kier molecular flexibility index (Phi) is 5.11. The third-order valence-electron chi connectivity index (χ3n) is 3.08. The van der Waals surface area contributed by atoms with Crippen LogP contribution in [-0.2, 0) is 0 Å². The summed E-state index contributed by atoms with van der Waals surface area (Å²) in [6, 6.07) is 0. The maximum Gasteiger partial charge on any atom is 0.135 e. The molecule has 0 bridgehead atoms. The average Bonchev–Trinajstić information content (AvgIpc) is 2.37. The predicted molar refractivity (Wildman–Crippen MR) is 79.8 cm³/mol. The standard InChI is InChI=1S/C14H26N4O/c1-9(2)11-17-12(15-6)10(3)13(18-11)16-7-14(4,5)8-19/h9,19H,7-8H2,1-6H3,(H2,15,16,17,18). The summed E-state index contributed by atoms with van der Waals surface area (Å²) in [7, 11) is 1.86. The molecule has 0 radical (unpaired) electrons. The van der Waals surface area contributed by atoms with Crippen LogP contribution < -0.4 is 10.6 Å². The van der Waals surface area contributed by atoms with Crippen molar-refractivity contribution in [3.8, 4) is 0 Å². The SMILES string of the molecule is CNc1nc(C(C)C)nc(NCC(C)(C)CO)c1C. The van der Waals surface area contributed by atoms with Crippen LogP contribution in [0.3, 0.4) is 0 Å². The summed E-state index contributed by atoms with van der Waals surface area (Å²) in [6.45, 7) is 11.0. The Bertz CT molecular complexity index is 430. The summed E-state index contributed by atoms with van der Waals surface area (Å²) in [4.78, 5) is 9.08. The molecule has 0 saturated carbocycles. The summed E-state index contributed by atoms with van der Waals surface area (Å²) in [5.41, 5.74) is 0.829. The van der Waals surface area contributed by atoms with Crippen molar-refractivity contribution in [1.29, 1.82) is 0 Å². The van der Waals surface area contributed by atoms with Crippen molar-refractivity contribution in [2.45, 2.75) is 40.5 Å². The molecular formula is C14H26N4O. The number of hydrogen-bond acceptors (Lipinski definition) is 5. The van der Waals surface area contributed by atoms with Crippen LogP contribution in [0.1, 0.15) is 45.0 Å². The van der Waals surface area contributed by atoms with E-state index in [0.717, 1.165) is 23.0 Å². The fourth-order valence-corrected chi connectivity index (χ4v) is 1.59. The molecule has 1 rings (SSSR count). The molecule has 3 N–H and O–H groups in total. The van der Waals surface area contributed by atoms with E-state index in [4.69, 9.17) is 0 Å². The first-order chi connectivity index (χ1) is 8.80. The average molecular weight is 266 g/mol. The van der Waals surface area contributed by atoms with Gasteiger partial charge in [-0.3, -0.25) is 0 Å². The molecule has 0 aliphatic rings. The molecule has 1 aromatic rings. The van der Waals surface area contributed by atoms with Gasteiger partial charge in [0.25, 0.3) is 0 Å². The second kappa shape index (κ2) is 6.19. The highest BCUT2D eigenvalue weighted by molar-refractivity contribution is 5.57. The lowest BCUT2D eigenvalue weighted by Crippen LogP contribution is -2.27. The molecule has 5 nitrogen and oxygen atoms in total. The van der Waals surface area contributed by atoms with Gasteiger partial charge < -0.3 is 15.7 Å². The Morgan fingerprint density at radius 2 is 1.79 bits per heavy atom. The number of nitrogens with one attached hydrogen (secondary N) is 2. The van der Waals surface area contributed by atoms with Crippen molar-refractivity contribution < 1.29 is 5.11 Å². The Morgan fingerprint density at radius 1 is 1.21 bits per heavy atom. The summed E-state index contributed by atoms with van der Waals surface area (Å²) in [6.07, 6.45) is 0. The molecule has 0 saturated heterocycles. The highest BCUT2D eigenvalue weighted by Gasteiger charge is 2.18. The van der Waals surface area contributed by atoms with E-state index >= 15 is 0 Å². The van der Waals surface area contributed by atoms with Crippen LogP contribution in [0, 0.1) is 12.3 Å². The van der Waals surface area contributed by atoms with E-state index in [1.807, 2.05) is 27.8 Å². The highest BCUT2D eigenvalue weighted by Crippen LogP contribution is 2.24. The van der Waals surface area contributed by atoms with E-state index in [1.165, 1.54) is 0 Å². The number of aliphatic hydroxyl groups excluding tert-OH is 1. The monoisotopic (exact) mass is 266 g/mol. The number of aromatic nitrogens is 2. The van der Waals surface area contributed by atoms with Gasteiger partial charge in [0.05, 0.1) is 0 Å². The molecule has 0 atom stereocenters. The number of hydrogen-bond donors (Lipinski definition) is 3. The lowest BCUT2D eigenvalue weighted by atomic mass is 9.95. The van der Waals surface area contributed by atoms with E-state index in [-0.39, 0.29) is 17.9 Å². The van der Waals surface area contributed by atoms with Crippen molar-refractivity contribution in [2.75, 3.05) is 30.8 Å². The molecule has 19 heavy (non-hydrogen) atoms. The molecule has 108 valence electrons. The Hall–Kier alpha value is -1.36. The zero-order valence-electron chi connectivity index (χ0n) is 12.8. The maximum absolute atomic E-state index is 9.30. The molecule has 0 aromatic carbocycles. The minimum absolute atomic E-state index is 0.139. The van der Waals surface area contributed by atoms with Gasteiger partial charge in [0.1, 0.15) is 17.5 Å². The van der Waals surface area contributed by atoms with Gasteiger partial charge >= 0.3 is 0 Å². The second-order valence-corrected chi connectivity index (χ2v) is 5.98. The molecule has 1 heterocycles. The molecule has 5 heteroatoms. The summed E-state index contributed by atoms with van der Waals surface area (Å²) < 4.78 is 0. The fraction of sp³-hybridized carbons (Fsp3) is 0.714. The topological polar surface area (TPSA) is 70.1 Å². The van der Waals surface area contributed by atoms with Gasteiger partial charge in [0, 0.05) is 37.1 Å². The first-order valence-corrected chi connectivity index (χ1v) is 6.71. The van der Waals surface area contributed by atoms with E-state index in [1.54, 1.807) is 0 Å². The van der Waals surface area contributed by atoms with E-state index < -0.39 is 0 Å². The number of aliphatic hydroxyl groups is 1. The van der Waals surface area contributed by atoms with Crippen molar-refractivity contribution >= 4 is 11.6 Å². The van der Waals surface area contributed by atoms with Crippen molar-refractivity contribution in [3.05, 3.63) is 11.4 Å². The first kappa shape index (κ1) is 15.7. The number of nitrogens with zero attached hydrogens (tertiary/aromatic N) is 2. The molecule has 0 fully saturated rings. The van der Waals surface area contributed by atoms with Gasteiger partial charge in [-0.1, -0.05) is 27.7 Å². The minimum atomic E-state index is -0.171. The van der Waals surface area contributed by atoms with Crippen LogP contribution in [0.4, 0.5) is 11.6 Å². The molecule has 1 aromatic heterocycles. The van der Waals surface area contributed by atoms with E-state index in [0.29, 0.717) is 6.54 Å². The summed E-state index contributed by atoms with van der Waals surface area (Å²) in [5.74, 6) is 2.78. The predicted octanol–water partition coefficient (Wildman–Crippen LogP) is 2.38. The van der Waals surface area contributed by atoms with Gasteiger partial charge in [0.15, 0.2) is 0 Å². The van der Waals surface area contributed by atoms with Crippen molar-refractivity contribution in [2.24, 2.45) is 5.41 Å². The van der Waals surface area contributed by atoms with Crippen molar-refractivity contribution in [1.82, 2.24) is 9.97 Å². The Morgan fingerprint density at radius 3 is 2.26 bits per heavy atom. The van der Waals surface area contributed by atoms with Crippen LogP contribution in [0.15, 0.2) is 0 Å². The lowest BCUT2D eigenvalue weighted by Gasteiger charge is -2.23. The highest BCUT2D eigenvalue weighted by atomic mass is 16.3. The largest absolute Gasteiger partial charge is 0.396 e. The van der Waals surface area contributed by atoms with Gasteiger partial charge in [0.2, 0.25) is 0 Å². The van der Waals surface area contributed by atoms with Crippen LogP contribution in [-0.4, -0.2) is 35.3 Å². The summed E-state index contributed by atoms with van der Waals surface area (Å²) >= 11 is 0. The smallest absolute Gasteiger partial charge is 0.135 e. The number of anilines is 2. The maximum atomic E-state index is 9.30. The Labute approximate surface area is 115 Å². The third kappa shape index (κ3) is 4.06. The van der Waals surface area contributed by atoms with Crippen molar-refractivity contribution in [3.63, 3.8) is 0 Å². The molecule has 0 unspecified atom stereocenters. The quantitative estimate of drug-likeness (QED) is 0.737. The molecule has 0 spiro atoms. The first-order valence-electron chi connectivity index (χ1n) is 6.71. The second-order valence-electron chi connectivity index (χ2n) is 5.98. The van der Waals surface area contributed by atoms with Gasteiger partial charge in [-0.05, 0) is 6.92 Å². The van der Waals surface area contributed by atoms with Crippen LogP contribution in [0.25, 0.3) is 0 Å². The Balaban J connectivity index is 3.02. The zero-order valence-corrected chi connectivity index (χ0v) is 12.8. The lowest BCUT2D eigenvalue weighted by molar-refractivity contribution is 0.170. The zero-order chi connectivity index (χ0) is 14.6. The van der Waals surface area contributed by atoms with Gasteiger partial charge in [-0.2, -0.15) is 0 Å². The fourth-order valence-electron chi connectivity index (χ4n) is 1.59.